The second-order valence-electron chi connectivity index (χ2n) is 7.57. The normalized spacial score (nSPS) is 15.0. The zero-order chi connectivity index (χ0) is 22.9. The zero-order valence-electron chi connectivity index (χ0n) is 17.8. The Morgan fingerprint density at radius 3 is 2.41 bits per heavy atom. The van der Waals surface area contributed by atoms with Gasteiger partial charge in [0, 0.05) is 35.9 Å². The highest BCUT2D eigenvalue weighted by molar-refractivity contribution is 7.89. The number of aryl methyl sites for hydroxylation is 1. The molecule has 1 aliphatic rings. The van der Waals surface area contributed by atoms with E-state index in [1.807, 2.05) is 48.7 Å². The molecule has 1 N–H and O–H groups in total. The van der Waals surface area contributed by atoms with E-state index in [1.165, 1.54) is 10.4 Å². The highest BCUT2D eigenvalue weighted by Crippen LogP contribution is 2.26. The summed E-state index contributed by atoms with van der Waals surface area (Å²) >= 11 is 0. The number of aromatic nitrogens is 1. The number of hydrogen-bond acceptors (Lipinski definition) is 4. The molecule has 1 aliphatic heterocycles. The first-order valence-corrected chi connectivity index (χ1v) is 11.7. The van der Waals surface area contributed by atoms with Gasteiger partial charge in [0.05, 0.1) is 18.8 Å². The topological polar surface area (TPSA) is 80.6 Å². The number of nitrogens with one attached hydrogen (secondary N) is 1. The van der Waals surface area contributed by atoms with Crippen molar-refractivity contribution in [1.82, 2.24) is 8.87 Å². The Labute approximate surface area is 186 Å². The Morgan fingerprint density at radius 2 is 1.72 bits per heavy atom. The van der Waals surface area contributed by atoms with E-state index in [1.54, 1.807) is 6.07 Å². The van der Waals surface area contributed by atoms with Gasteiger partial charge in [0.25, 0.3) is 5.91 Å². The summed E-state index contributed by atoms with van der Waals surface area (Å²) < 4.78 is 48.6. The summed E-state index contributed by atoms with van der Waals surface area (Å²) in [4.78, 5) is 12.5. The van der Waals surface area contributed by atoms with Crippen molar-refractivity contribution in [1.29, 1.82) is 0 Å². The Morgan fingerprint density at radius 1 is 1.03 bits per heavy atom. The van der Waals surface area contributed by atoms with Crippen LogP contribution in [0, 0.1) is 19.7 Å². The average Bonchev–Trinajstić information content (AvgIpc) is 3.10. The van der Waals surface area contributed by atoms with Crippen molar-refractivity contribution in [3.63, 3.8) is 0 Å². The smallest absolute Gasteiger partial charge is 0.257 e. The molecule has 1 amide bonds. The third-order valence-corrected chi connectivity index (χ3v) is 7.38. The molecule has 1 fully saturated rings. The Bertz CT molecular complexity index is 1250. The predicted octanol–water partition coefficient (Wildman–Crippen LogP) is 3.51. The maximum Gasteiger partial charge on any atom is 0.257 e. The highest BCUT2D eigenvalue weighted by atomic mass is 32.2. The summed E-state index contributed by atoms with van der Waals surface area (Å²) in [7, 11) is -4.04. The molecule has 1 saturated heterocycles. The third kappa shape index (κ3) is 4.19. The maximum atomic E-state index is 14.4. The van der Waals surface area contributed by atoms with E-state index in [-0.39, 0.29) is 32.0 Å². The summed E-state index contributed by atoms with van der Waals surface area (Å²) in [5.74, 6) is -1.27. The summed E-state index contributed by atoms with van der Waals surface area (Å²) in [6.45, 7) is 4.58. The van der Waals surface area contributed by atoms with E-state index in [0.29, 0.717) is 5.56 Å². The van der Waals surface area contributed by atoms with Crippen LogP contribution in [-0.2, 0) is 14.8 Å². The second kappa shape index (κ2) is 8.85. The molecule has 0 atom stereocenters. The lowest BCUT2D eigenvalue weighted by Gasteiger charge is -2.26. The minimum absolute atomic E-state index is 0.157. The molecule has 2 heterocycles. The molecule has 2 aromatic carbocycles. The van der Waals surface area contributed by atoms with E-state index in [2.05, 4.69) is 5.32 Å². The van der Waals surface area contributed by atoms with Gasteiger partial charge in [0.2, 0.25) is 10.0 Å². The molecule has 4 rings (SSSR count). The van der Waals surface area contributed by atoms with Gasteiger partial charge in [-0.15, -0.1) is 0 Å². The number of carbonyl (C=O) groups excluding carboxylic acids is 1. The van der Waals surface area contributed by atoms with Crippen LogP contribution in [0.5, 0.6) is 0 Å². The number of amides is 1. The van der Waals surface area contributed by atoms with Gasteiger partial charge in [-0.1, -0.05) is 18.2 Å². The molecule has 1 aromatic heterocycles. The van der Waals surface area contributed by atoms with Gasteiger partial charge in [-0.25, -0.2) is 12.8 Å². The van der Waals surface area contributed by atoms with Crippen molar-refractivity contribution in [2.75, 3.05) is 31.6 Å². The van der Waals surface area contributed by atoms with Crippen LogP contribution in [0.1, 0.15) is 21.7 Å². The molecule has 9 heteroatoms. The van der Waals surface area contributed by atoms with Crippen LogP contribution < -0.4 is 5.32 Å². The Hall–Kier alpha value is -3.01. The fraction of sp³-hybridized carbons (Fsp3) is 0.261. The van der Waals surface area contributed by atoms with Crippen LogP contribution in [0.15, 0.2) is 59.5 Å². The SMILES string of the molecule is Cc1cc(C(=O)Nc2ccc(F)c(S(=O)(=O)N3CCOCC3)c2)c(C)n1-c1ccccc1. The predicted molar refractivity (Wildman–Crippen MR) is 119 cm³/mol. The molecule has 0 bridgehead atoms. The van der Waals surface area contributed by atoms with Gasteiger partial charge in [0.1, 0.15) is 10.7 Å². The fourth-order valence-corrected chi connectivity index (χ4v) is 5.37. The number of sulfonamides is 1. The lowest BCUT2D eigenvalue weighted by molar-refractivity contribution is 0.0729. The highest BCUT2D eigenvalue weighted by Gasteiger charge is 2.29. The minimum atomic E-state index is -4.04. The first-order valence-electron chi connectivity index (χ1n) is 10.2. The van der Waals surface area contributed by atoms with Gasteiger partial charge in [-0.2, -0.15) is 4.31 Å². The van der Waals surface area contributed by atoms with Gasteiger partial charge in [-0.05, 0) is 50.2 Å². The first kappa shape index (κ1) is 22.2. The molecule has 0 unspecified atom stereocenters. The van der Waals surface area contributed by atoms with Gasteiger partial charge >= 0.3 is 0 Å². The summed E-state index contributed by atoms with van der Waals surface area (Å²) in [6, 6.07) is 15.0. The van der Waals surface area contributed by atoms with Crippen molar-refractivity contribution in [2.24, 2.45) is 0 Å². The van der Waals surface area contributed by atoms with E-state index >= 15 is 0 Å². The molecular weight excluding hydrogens is 433 g/mol. The van der Waals surface area contributed by atoms with Crippen LogP contribution in [0.3, 0.4) is 0 Å². The van der Waals surface area contributed by atoms with Crippen molar-refractivity contribution in [3.8, 4) is 5.69 Å². The maximum absolute atomic E-state index is 14.4. The average molecular weight is 458 g/mol. The molecule has 0 aliphatic carbocycles. The number of anilines is 1. The van der Waals surface area contributed by atoms with Crippen LogP contribution in [0.4, 0.5) is 10.1 Å². The molecular formula is C23H24FN3O4S. The van der Waals surface area contributed by atoms with E-state index in [4.69, 9.17) is 4.74 Å². The summed E-state index contributed by atoms with van der Waals surface area (Å²) in [5, 5.41) is 2.71. The van der Waals surface area contributed by atoms with Crippen molar-refractivity contribution in [3.05, 3.63) is 77.4 Å². The monoisotopic (exact) mass is 457 g/mol. The van der Waals surface area contributed by atoms with E-state index in [9.17, 15) is 17.6 Å². The number of benzene rings is 2. The molecule has 32 heavy (non-hydrogen) atoms. The lowest BCUT2D eigenvalue weighted by atomic mass is 10.2. The van der Waals surface area contributed by atoms with E-state index in [0.717, 1.165) is 29.2 Å². The van der Waals surface area contributed by atoms with Crippen LogP contribution in [0.25, 0.3) is 5.69 Å². The number of nitrogens with zero attached hydrogens (tertiary/aromatic N) is 2. The van der Waals surface area contributed by atoms with Crippen molar-refractivity contribution >= 4 is 21.6 Å². The number of carbonyl (C=O) groups is 1. The Balaban J connectivity index is 1.62. The number of para-hydroxylation sites is 1. The fourth-order valence-electron chi connectivity index (χ4n) is 3.87. The lowest BCUT2D eigenvalue weighted by Crippen LogP contribution is -2.40. The molecule has 0 spiro atoms. The number of halogens is 1. The molecule has 0 saturated carbocycles. The standard InChI is InChI=1S/C23H24FN3O4S/c1-16-14-20(17(2)27(16)19-6-4-3-5-7-19)23(28)25-18-8-9-21(24)22(15-18)32(29,30)26-10-12-31-13-11-26/h3-9,14-15H,10-13H2,1-2H3,(H,25,28). The number of ether oxygens (including phenoxy) is 1. The van der Waals surface area contributed by atoms with Crippen LogP contribution >= 0.6 is 0 Å². The van der Waals surface area contributed by atoms with Gasteiger partial charge < -0.3 is 14.6 Å². The van der Waals surface area contributed by atoms with Crippen molar-refractivity contribution in [2.45, 2.75) is 18.7 Å². The van der Waals surface area contributed by atoms with Crippen molar-refractivity contribution < 1.29 is 22.3 Å². The second-order valence-corrected chi connectivity index (χ2v) is 9.48. The minimum Gasteiger partial charge on any atom is -0.379 e. The molecule has 7 nitrogen and oxygen atoms in total. The largest absolute Gasteiger partial charge is 0.379 e. The zero-order valence-corrected chi connectivity index (χ0v) is 18.7. The Kier molecular flexibility index (Phi) is 6.14. The third-order valence-electron chi connectivity index (χ3n) is 5.47. The number of rotatable bonds is 5. The molecule has 0 radical (unpaired) electrons. The van der Waals surface area contributed by atoms with Crippen LogP contribution in [-0.4, -0.2) is 49.5 Å². The molecule has 3 aromatic rings. The summed E-state index contributed by atoms with van der Waals surface area (Å²) in [5.41, 5.74) is 3.21. The number of morpholine rings is 1. The molecule has 168 valence electrons. The first-order chi connectivity index (χ1) is 15.3. The van der Waals surface area contributed by atoms with Crippen LogP contribution in [0.2, 0.25) is 0 Å². The quantitative estimate of drug-likeness (QED) is 0.636. The number of hydrogen-bond donors (Lipinski definition) is 1. The van der Waals surface area contributed by atoms with Gasteiger partial charge in [-0.3, -0.25) is 4.79 Å². The summed E-state index contributed by atoms with van der Waals surface area (Å²) in [6.07, 6.45) is 0. The van der Waals surface area contributed by atoms with Gasteiger partial charge in [0.15, 0.2) is 0 Å². The van der Waals surface area contributed by atoms with E-state index < -0.39 is 26.6 Å².